The van der Waals surface area contributed by atoms with E-state index >= 15 is 0 Å². The first-order valence-corrected chi connectivity index (χ1v) is 14.2. The van der Waals surface area contributed by atoms with Crippen LogP contribution in [0.1, 0.15) is 117 Å². The Labute approximate surface area is 225 Å². The Kier molecular flexibility index (Phi) is 24.2. The zero-order chi connectivity index (χ0) is 27.4. The van der Waals surface area contributed by atoms with Gasteiger partial charge in [0.25, 0.3) is 0 Å². The van der Waals surface area contributed by atoms with E-state index in [4.69, 9.17) is 14.9 Å². The van der Waals surface area contributed by atoms with Crippen molar-refractivity contribution in [2.24, 2.45) is 0 Å². The molecule has 0 aromatic heterocycles. The van der Waals surface area contributed by atoms with Gasteiger partial charge >= 0.3 is 11.9 Å². The van der Waals surface area contributed by atoms with Crippen LogP contribution in [0, 0.1) is 0 Å². The third-order valence-corrected chi connectivity index (χ3v) is 5.71. The molecule has 0 heterocycles. The summed E-state index contributed by atoms with van der Waals surface area (Å²) in [6, 6.07) is 19.5. The molecule has 0 atom stereocenters. The minimum atomic E-state index is -0.663. The SMILES string of the molecule is CCCCCCCCCC(=O)O.CCCCCCCCCC(=O)O.c1ccc(Oc2ccccc2)cc1. The van der Waals surface area contributed by atoms with E-state index in [0.717, 1.165) is 37.2 Å². The average Bonchev–Trinajstić information content (AvgIpc) is 2.89. The van der Waals surface area contributed by atoms with Crippen LogP contribution >= 0.6 is 0 Å². The topological polar surface area (TPSA) is 83.8 Å². The molecule has 0 aliphatic carbocycles. The van der Waals surface area contributed by atoms with Crippen molar-refractivity contribution >= 4 is 11.9 Å². The minimum Gasteiger partial charge on any atom is -0.481 e. The molecule has 0 amide bonds. The zero-order valence-corrected chi connectivity index (χ0v) is 23.2. The number of hydrogen-bond acceptors (Lipinski definition) is 3. The maximum Gasteiger partial charge on any atom is 0.303 e. The summed E-state index contributed by atoms with van der Waals surface area (Å²) in [5.74, 6) is 0.412. The Morgan fingerprint density at radius 3 is 1.11 bits per heavy atom. The monoisotopic (exact) mass is 514 g/mol. The first kappa shape index (κ1) is 34.2. The summed E-state index contributed by atoms with van der Waals surface area (Å²) >= 11 is 0. The Morgan fingerprint density at radius 1 is 0.514 bits per heavy atom. The first-order chi connectivity index (χ1) is 18.0. The van der Waals surface area contributed by atoms with Gasteiger partial charge in [0.1, 0.15) is 11.5 Å². The fourth-order valence-electron chi connectivity index (χ4n) is 3.58. The molecule has 0 bridgehead atoms. The van der Waals surface area contributed by atoms with E-state index in [1.165, 1.54) is 64.2 Å². The molecule has 0 saturated carbocycles. The predicted molar refractivity (Wildman–Crippen MR) is 153 cm³/mol. The zero-order valence-electron chi connectivity index (χ0n) is 23.2. The number of hydrogen-bond donors (Lipinski definition) is 2. The van der Waals surface area contributed by atoms with Crippen molar-refractivity contribution < 1.29 is 24.5 Å². The van der Waals surface area contributed by atoms with Gasteiger partial charge in [-0.05, 0) is 37.1 Å². The highest BCUT2D eigenvalue weighted by Crippen LogP contribution is 2.19. The molecule has 0 saturated heterocycles. The van der Waals surface area contributed by atoms with Crippen LogP contribution in [-0.4, -0.2) is 22.2 Å². The summed E-state index contributed by atoms with van der Waals surface area (Å²) in [6.45, 7) is 4.40. The van der Waals surface area contributed by atoms with E-state index in [1.54, 1.807) is 0 Å². The van der Waals surface area contributed by atoms with Gasteiger partial charge in [-0.15, -0.1) is 0 Å². The molecule has 2 aromatic carbocycles. The number of ether oxygens (including phenoxy) is 1. The number of unbranched alkanes of at least 4 members (excludes halogenated alkanes) is 12. The summed E-state index contributed by atoms with van der Waals surface area (Å²) in [4.78, 5) is 20.3. The van der Waals surface area contributed by atoms with E-state index < -0.39 is 11.9 Å². The molecule has 0 spiro atoms. The summed E-state index contributed by atoms with van der Waals surface area (Å²) < 4.78 is 5.58. The van der Waals surface area contributed by atoms with Crippen LogP contribution in [0.3, 0.4) is 0 Å². The Bertz CT molecular complexity index is 696. The highest BCUT2D eigenvalue weighted by atomic mass is 16.5. The van der Waals surface area contributed by atoms with Gasteiger partial charge in [-0.3, -0.25) is 9.59 Å². The van der Waals surface area contributed by atoms with Crippen LogP contribution < -0.4 is 4.74 Å². The van der Waals surface area contributed by atoms with Gasteiger partial charge in [-0.2, -0.15) is 0 Å². The molecule has 0 unspecified atom stereocenters. The molecular formula is C32H50O5. The fourth-order valence-corrected chi connectivity index (χ4v) is 3.58. The highest BCUT2D eigenvalue weighted by Gasteiger charge is 1.97. The highest BCUT2D eigenvalue weighted by molar-refractivity contribution is 5.66. The van der Waals surface area contributed by atoms with Crippen molar-refractivity contribution in [3.05, 3.63) is 60.7 Å². The molecule has 2 rings (SSSR count). The summed E-state index contributed by atoms with van der Waals surface area (Å²) in [5, 5.41) is 16.7. The van der Waals surface area contributed by atoms with E-state index in [1.807, 2.05) is 60.7 Å². The third-order valence-electron chi connectivity index (χ3n) is 5.71. The van der Waals surface area contributed by atoms with Crippen molar-refractivity contribution in [2.75, 3.05) is 0 Å². The van der Waals surface area contributed by atoms with Gasteiger partial charge in [0.05, 0.1) is 0 Å². The molecule has 0 aliphatic rings. The molecule has 2 N–H and O–H groups in total. The second-order valence-electron chi connectivity index (χ2n) is 9.26. The van der Waals surface area contributed by atoms with Gasteiger partial charge in [-0.25, -0.2) is 0 Å². The first-order valence-electron chi connectivity index (χ1n) is 14.2. The van der Waals surface area contributed by atoms with Crippen molar-refractivity contribution in [3.63, 3.8) is 0 Å². The molecule has 0 radical (unpaired) electrons. The Morgan fingerprint density at radius 2 is 0.811 bits per heavy atom. The van der Waals surface area contributed by atoms with Crippen molar-refractivity contribution in [2.45, 2.75) is 117 Å². The lowest BCUT2D eigenvalue weighted by Gasteiger charge is -2.03. The Hall–Kier alpha value is -2.82. The van der Waals surface area contributed by atoms with E-state index in [9.17, 15) is 9.59 Å². The Balaban J connectivity index is 0.000000527. The number of para-hydroxylation sites is 2. The number of rotatable bonds is 18. The number of carbonyl (C=O) groups is 2. The molecular weight excluding hydrogens is 464 g/mol. The molecule has 37 heavy (non-hydrogen) atoms. The van der Waals surface area contributed by atoms with Crippen LogP contribution in [0.5, 0.6) is 11.5 Å². The van der Waals surface area contributed by atoms with Gasteiger partial charge in [0.2, 0.25) is 0 Å². The number of carboxylic acid groups (broad SMARTS) is 2. The van der Waals surface area contributed by atoms with Crippen LogP contribution in [0.25, 0.3) is 0 Å². The minimum absolute atomic E-state index is 0.341. The quantitative estimate of drug-likeness (QED) is 0.193. The molecule has 208 valence electrons. The van der Waals surface area contributed by atoms with Crippen LogP contribution in [0.4, 0.5) is 0 Å². The molecule has 0 fully saturated rings. The average molecular weight is 515 g/mol. The lowest BCUT2D eigenvalue weighted by Crippen LogP contribution is -1.93. The molecule has 2 aromatic rings. The van der Waals surface area contributed by atoms with Gasteiger partial charge in [0, 0.05) is 12.8 Å². The summed E-state index contributed by atoms with van der Waals surface area (Å²) in [6.07, 6.45) is 17.3. The third kappa shape index (κ3) is 26.1. The number of carboxylic acids is 2. The smallest absolute Gasteiger partial charge is 0.303 e. The molecule has 5 nitrogen and oxygen atoms in total. The summed E-state index contributed by atoms with van der Waals surface area (Å²) in [5.41, 5.74) is 0. The second-order valence-corrected chi connectivity index (χ2v) is 9.26. The van der Waals surface area contributed by atoms with Gasteiger partial charge < -0.3 is 14.9 Å². The standard InChI is InChI=1S/C12H10O.2C10H20O2/c1-3-7-11(8-4-1)13-12-9-5-2-6-10-12;2*1-2-3-4-5-6-7-8-9-10(11)12/h1-10H;2*2-9H2,1H3,(H,11,12). The lowest BCUT2D eigenvalue weighted by atomic mass is 10.1. The molecule has 0 aliphatic heterocycles. The normalized spacial score (nSPS) is 9.89. The predicted octanol–water partition coefficient (Wildman–Crippen LogP) is 9.90. The van der Waals surface area contributed by atoms with E-state index in [2.05, 4.69) is 13.8 Å². The largest absolute Gasteiger partial charge is 0.481 e. The molecule has 5 heteroatoms. The lowest BCUT2D eigenvalue weighted by molar-refractivity contribution is -0.138. The van der Waals surface area contributed by atoms with Gasteiger partial charge in [0.15, 0.2) is 0 Å². The van der Waals surface area contributed by atoms with Crippen LogP contribution in [0.2, 0.25) is 0 Å². The van der Waals surface area contributed by atoms with Crippen molar-refractivity contribution in [3.8, 4) is 11.5 Å². The van der Waals surface area contributed by atoms with Crippen LogP contribution in [-0.2, 0) is 9.59 Å². The van der Waals surface area contributed by atoms with Crippen molar-refractivity contribution in [1.29, 1.82) is 0 Å². The fraction of sp³-hybridized carbons (Fsp3) is 0.562. The number of benzene rings is 2. The van der Waals surface area contributed by atoms with E-state index in [0.29, 0.717) is 12.8 Å². The maximum absolute atomic E-state index is 10.1. The van der Waals surface area contributed by atoms with E-state index in [-0.39, 0.29) is 0 Å². The van der Waals surface area contributed by atoms with Crippen molar-refractivity contribution in [1.82, 2.24) is 0 Å². The van der Waals surface area contributed by atoms with Gasteiger partial charge in [-0.1, -0.05) is 127 Å². The second kappa shape index (κ2) is 26.2. The maximum atomic E-state index is 10.1. The number of aliphatic carboxylic acids is 2. The van der Waals surface area contributed by atoms with Crippen LogP contribution in [0.15, 0.2) is 60.7 Å². The summed E-state index contributed by atoms with van der Waals surface area (Å²) in [7, 11) is 0.